The Bertz CT molecular complexity index is 1200. The lowest BCUT2D eigenvalue weighted by atomic mass is 9.87. The average molecular weight is 494 g/mol. The normalized spacial score (nSPS) is 17.4. The van der Waals surface area contributed by atoms with E-state index in [-0.39, 0.29) is 25.2 Å². The molecule has 1 aliphatic rings. The molecule has 0 aliphatic heterocycles. The first-order valence-corrected chi connectivity index (χ1v) is 12.1. The van der Waals surface area contributed by atoms with Crippen LogP contribution in [0.5, 0.6) is 5.75 Å². The minimum atomic E-state index is -0.766. The molecule has 10 heteroatoms. The Morgan fingerprint density at radius 3 is 2.72 bits per heavy atom. The Hall–Kier alpha value is -3.95. The van der Waals surface area contributed by atoms with Gasteiger partial charge in [-0.05, 0) is 50.3 Å². The number of amides is 1. The predicted molar refractivity (Wildman–Crippen MR) is 131 cm³/mol. The zero-order chi connectivity index (χ0) is 25.5. The lowest BCUT2D eigenvalue weighted by Gasteiger charge is -2.27. The third-order valence-electron chi connectivity index (χ3n) is 6.36. The standard InChI is InChI=1S/C26H31N5O5/c1-17-23(36-20-10-6-9-19(15-20)25(32)33)12-11-21(28-17)24-22(31(2)30-29-24)16-27-26(34)35-14-13-18-7-4-3-5-8-18/h3-5,7-8,11-12,19-20H,6,9-10,13-16H2,1-2H3,(H,27,34)(H,32,33)/t19?,20-/m0/s1. The molecule has 1 aromatic carbocycles. The number of carboxylic acids is 1. The van der Waals surface area contributed by atoms with Crippen molar-refractivity contribution in [1.82, 2.24) is 25.3 Å². The van der Waals surface area contributed by atoms with Crippen molar-refractivity contribution in [2.75, 3.05) is 6.61 Å². The number of aromatic nitrogens is 4. The summed E-state index contributed by atoms with van der Waals surface area (Å²) in [5, 5.41) is 20.4. The third-order valence-corrected chi connectivity index (χ3v) is 6.36. The minimum absolute atomic E-state index is 0.143. The molecule has 36 heavy (non-hydrogen) atoms. The molecule has 0 radical (unpaired) electrons. The smallest absolute Gasteiger partial charge is 0.407 e. The van der Waals surface area contributed by atoms with E-state index in [1.807, 2.05) is 43.3 Å². The fourth-order valence-corrected chi connectivity index (χ4v) is 4.35. The maximum atomic E-state index is 12.2. The van der Waals surface area contributed by atoms with Crippen LogP contribution in [-0.4, -0.2) is 49.9 Å². The summed E-state index contributed by atoms with van der Waals surface area (Å²) in [6, 6.07) is 13.4. The van der Waals surface area contributed by atoms with E-state index in [1.54, 1.807) is 17.8 Å². The molecule has 2 aromatic heterocycles. The Morgan fingerprint density at radius 2 is 1.97 bits per heavy atom. The number of hydrogen-bond donors (Lipinski definition) is 2. The van der Waals surface area contributed by atoms with E-state index in [0.29, 0.717) is 47.8 Å². The Balaban J connectivity index is 1.35. The Morgan fingerprint density at radius 1 is 1.17 bits per heavy atom. The van der Waals surface area contributed by atoms with Crippen LogP contribution in [-0.2, 0) is 29.5 Å². The monoisotopic (exact) mass is 493 g/mol. The van der Waals surface area contributed by atoms with Crippen molar-refractivity contribution in [2.45, 2.75) is 51.7 Å². The molecule has 4 rings (SSSR count). The number of aryl methyl sites for hydroxylation is 2. The number of benzene rings is 1. The van der Waals surface area contributed by atoms with E-state index in [9.17, 15) is 14.7 Å². The van der Waals surface area contributed by atoms with Crippen molar-refractivity contribution < 1.29 is 24.2 Å². The molecule has 0 saturated heterocycles. The van der Waals surface area contributed by atoms with E-state index >= 15 is 0 Å². The van der Waals surface area contributed by atoms with Gasteiger partial charge in [0, 0.05) is 13.5 Å². The number of aliphatic carboxylic acids is 1. The van der Waals surface area contributed by atoms with Crippen LogP contribution in [0.15, 0.2) is 42.5 Å². The van der Waals surface area contributed by atoms with Gasteiger partial charge in [0.05, 0.1) is 42.3 Å². The number of alkyl carbamates (subject to hydrolysis) is 1. The Kier molecular flexibility index (Phi) is 8.14. The zero-order valence-electron chi connectivity index (χ0n) is 20.5. The van der Waals surface area contributed by atoms with Crippen LogP contribution in [0.1, 0.15) is 42.6 Å². The maximum Gasteiger partial charge on any atom is 0.407 e. The highest BCUT2D eigenvalue weighted by molar-refractivity contribution is 5.70. The van der Waals surface area contributed by atoms with Gasteiger partial charge in [0.15, 0.2) is 0 Å². The number of nitrogens with zero attached hydrogens (tertiary/aromatic N) is 4. The van der Waals surface area contributed by atoms with E-state index < -0.39 is 12.1 Å². The first kappa shape index (κ1) is 25.2. The van der Waals surface area contributed by atoms with Gasteiger partial charge in [-0.2, -0.15) is 0 Å². The molecule has 1 aliphatic carbocycles. The molecule has 2 N–H and O–H groups in total. The molecule has 2 heterocycles. The summed E-state index contributed by atoms with van der Waals surface area (Å²) in [6.07, 6.45) is 2.83. The molecule has 190 valence electrons. The third kappa shape index (κ3) is 6.38. The van der Waals surface area contributed by atoms with Gasteiger partial charge in [0.2, 0.25) is 0 Å². The average Bonchev–Trinajstić information content (AvgIpc) is 3.25. The summed E-state index contributed by atoms with van der Waals surface area (Å²) in [4.78, 5) is 28.2. The van der Waals surface area contributed by atoms with Gasteiger partial charge >= 0.3 is 12.1 Å². The van der Waals surface area contributed by atoms with E-state index in [2.05, 4.69) is 20.6 Å². The van der Waals surface area contributed by atoms with Crippen LogP contribution in [0.3, 0.4) is 0 Å². The molecule has 1 unspecified atom stereocenters. The first-order valence-electron chi connectivity index (χ1n) is 12.1. The summed E-state index contributed by atoms with van der Waals surface area (Å²) in [5.74, 6) is -0.506. The van der Waals surface area contributed by atoms with Crippen molar-refractivity contribution >= 4 is 12.1 Å². The quantitative estimate of drug-likeness (QED) is 0.462. The second-order valence-corrected chi connectivity index (χ2v) is 8.96. The van der Waals surface area contributed by atoms with Crippen molar-refractivity contribution in [1.29, 1.82) is 0 Å². The van der Waals surface area contributed by atoms with E-state index in [1.165, 1.54) is 0 Å². The Labute approximate surface area is 209 Å². The van der Waals surface area contributed by atoms with Crippen molar-refractivity contribution in [3.05, 3.63) is 59.4 Å². The van der Waals surface area contributed by atoms with Gasteiger partial charge in [-0.15, -0.1) is 5.10 Å². The van der Waals surface area contributed by atoms with Crippen molar-refractivity contribution in [3.63, 3.8) is 0 Å². The summed E-state index contributed by atoms with van der Waals surface area (Å²) in [5.41, 5.74) is 3.62. The maximum absolute atomic E-state index is 12.2. The SMILES string of the molecule is Cc1nc(-c2nnn(C)c2CNC(=O)OCCc2ccccc2)ccc1O[C@H]1CCCC(C(=O)O)C1. The van der Waals surface area contributed by atoms with E-state index in [4.69, 9.17) is 9.47 Å². The van der Waals surface area contributed by atoms with Crippen LogP contribution in [0, 0.1) is 12.8 Å². The molecule has 1 saturated carbocycles. The molecule has 0 bridgehead atoms. The highest BCUT2D eigenvalue weighted by Crippen LogP contribution is 2.30. The fourth-order valence-electron chi connectivity index (χ4n) is 4.35. The number of rotatable bonds is 9. The zero-order valence-corrected chi connectivity index (χ0v) is 20.5. The number of carbonyl (C=O) groups is 2. The summed E-state index contributed by atoms with van der Waals surface area (Å²) >= 11 is 0. The minimum Gasteiger partial charge on any atom is -0.489 e. The molecular formula is C26H31N5O5. The fraction of sp³-hybridized carbons (Fsp3) is 0.423. The second kappa shape index (κ2) is 11.7. The van der Waals surface area contributed by atoms with Crippen LogP contribution >= 0.6 is 0 Å². The molecule has 1 fully saturated rings. The van der Waals surface area contributed by atoms with Crippen molar-refractivity contribution in [3.8, 4) is 17.1 Å². The topological polar surface area (TPSA) is 128 Å². The van der Waals surface area contributed by atoms with Crippen LogP contribution in [0.2, 0.25) is 0 Å². The summed E-state index contributed by atoms with van der Waals surface area (Å²) in [6.45, 7) is 2.30. The second-order valence-electron chi connectivity index (χ2n) is 8.96. The number of carbonyl (C=O) groups excluding carboxylic acids is 1. The van der Waals surface area contributed by atoms with Gasteiger partial charge in [0.25, 0.3) is 0 Å². The number of nitrogens with one attached hydrogen (secondary N) is 1. The molecule has 2 atom stereocenters. The van der Waals surface area contributed by atoms with Gasteiger partial charge < -0.3 is 19.9 Å². The largest absolute Gasteiger partial charge is 0.489 e. The van der Waals surface area contributed by atoms with Crippen LogP contribution < -0.4 is 10.1 Å². The lowest BCUT2D eigenvalue weighted by Crippen LogP contribution is -2.29. The van der Waals surface area contributed by atoms with Crippen molar-refractivity contribution in [2.24, 2.45) is 13.0 Å². The number of pyridine rings is 1. The molecule has 3 aromatic rings. The number of ether oxygens (including phenoxy) is 2. The van der Waals surface area contributed by atoms with Crippen LogP contribution in [0.4, 0.5) is 4.79 Å². The number of carboxylic acid groups (broad SMARTS) is 1. The summed E-state index contributed by atoms with van der Waals surface area (Å²) < 4.78 is 13.0. The molecule has 0 spiro atoms. The lowest BCUT2D eigenvalue weighted by molar-refractivity contribution is -0.143. The van der Waals surface area contributed by atoms with Crippen LogP contribution in [0.25, 0.3) is 11.4 Å². The number of hydrogen-bond acceptors (Lipinski definition) is 7. The van der Waals surface area contributed by atoms with E-state index in [0.717, 1.165) is 18.4 Å². The van der Waals surface area contributed by atoms with Gasteiger partial charge in [-0.1, -0.05) is 35.5 Å². The highest BCUT2D eigenvalue weighted by Gasteiger charge is 2.28. The first-order chi connectivity index (χ1) is 17.4. The molecular weight excluding hydrogens is 462 g/mol. The van der Waals surface area contributed by atoms with Gasteiger partial charge in [-0.25, -0.2) is 14.5 Å². The molecule has 1 amide bonds. The highest BCUT2D eigenvalue weighted by atomic mass is 16.5. The van der Waals surface area contributed by atoms with Gasteiger partial charge in [-0.3, -0.25) is 4.79 Å². The summed E-state index contributed by atoms with van der Waals surface area (Å²) in [7, 11) is 1.75. The molecule has 10 nitrogen and oxygen atoms in total. The predicted octanol–water partition coefficient (Wildman–Crippen LogP) is 3.68. The van der Waals surface area contributed by atoms with Gasteiger partial charge in [0.1, 0.15) is 11.4 Å².